The molecule has 0 aliphatic rings. The highest BCUT2D eigenvalue weighted by atomic mass is 32.2. The third-order valence-electron chi connectivity index (χ3n) is 2.24. The monoisotopic (exact) mass is 287 g/mol. The molecule has 106 valence electrons. The summed E-state index contributed by atoms with van der Waals surface area (Å²) >= 11 is 0. The molecule has 0 unspecified atom stereocenters. The smallest absolute Gasteiger partial charge is 0.251 e. The lowest BCUT2D eigenvalue weighted by Crippen LogP contribution is -2.31. The first-order chi connectivity index (χ1) is 8.83. The summed E-state index contributed by atoms with van der Waals surface area (Å²) in [5, 5.41) is 7.26. The van der Waals surface area contributed by atoms with E-state index in [4.69, 9.17) is 15.6 Å². The van der Waals surface area contributed by atoms with Gasteiger partial charge in [-0.2, -0.15) is 0 Å². The molecule has 1 aromatic rings. The van der Waals surface area contributed by atoms with E-state index in [9.17, 15) is 13.2 Å². The average molecular weight is 287 g/mol. The Hall–Kier alpha value is -1.80. The Labute approximate surface area is 112 Å². The van der Waals surface area contributed by atoms with E-state index in [1.54, 1.807) is 12.1 Å². The number of carbonyl (C=O) groups excluding carboxylic acids is 1. The number of nitrogens with two attached hydrogens (primary N) is 2. The van der Waals surface area contributed by atoms with Gasteiger partial charge in [0.15, 0.2) is 0 Å². The zero-order valence-electron chi connectivity index (χ0n) is 10.5. The van der Waals surface area contributed by atoms with Gasteiger partial charge in [0.2, 0.25) is 10.0 Å². The molecular formula is C11H17N3O4S. The molecule has 0 aromatic heterocycles. The fraction of sp³-hybridized carbons (Fsp3) is 0.364. The fourth-order valence-corrected chi connectivity index (χ4v) is 1.77. The van der Waals surface area contributed by atoms with E-state index >= 15 is 0 Å². The Morgan fingerprint density at radius 1 is 1.42 bits per heavy atom. The standard InChI is InChI=1S/C11H17N3O4S/c1-2-18-10-4-3-8(7-9(10)12)11(15)14-5-6-19(13,16)17/h3-4,7H,2,5-6,12H2,1H3,(H,14,15)(H2,13,16,17). The normalized spacial score (nSPS) is 11.1. The topological polar surface area (TPSA) is 125 Å². The number of primary sulfonamides is 1. The molecule has 19 heavy (non-hydrogen) atoms. The largest absolute Gasteiger partial charge is 0.492 e. The first-order valence-electron chi connectivity index (χ1n) is 5.64. The lowest BCUT2D eigenvalue weighted by molar-refractivity contribution is 0.0956. The summed E-state index contributed by atoms with van der Waals surface area (Å²) in [6, 6.07) is 4.61. The molecule has 0 heterocycles. The molecular weight excluding hydrogens is 270 g/mol. The Morgan fingerprint density at radius 2 is 2.11 bits per heavy atom. The van der Waals surface area contributed by atoms with Crippen molar-refractivity contribution in [2.45, 2.75) is 6.92 Å². The van der Waals surface area contributed by atoms with Crippen molar-refractivity contribution in [1.29, 1.82) is 0 Å². The van der Waals surface area contributed by atoms with Gasteiger partial charge in [0.1, 0.15) is 5.75 Å². The Kier molecular flexibility index (Phi) is 5.13. The number of nitrogen functional groups attached to an aromatic ring is 1. The maximum atomic E-state index is 11.7. The van der Waals surface area contributed by atoms with Crippen molar-refractivity contribution in [1.82, 2.24) is 5.32 Å². The highest BCUT2D eigenvalue weighted by molar-refractivity contribution is 7.89. The number of ether oxygens (including phenoxy) is 1. The van der Waals surface area contributed by atoms with E-state index in [1.807, 2.05) is 6.92 Å². The molecule has 0 aliphatic heterocycles. The van der Waals surface area contributed by atoms with Crippen LogP contribution in [0.3, 0.4) is 0 Å². The van der Waals surface area contributed by atoms with Gasteiger partial charge in [-0.1, -0.05) is 0 Å². The second-order valence-electron chi connectivity index (χ2n) is 3.81. The third-order valence-corrected chi connectivity index (χ3v) is 3.02. The first kappa shape index (κ1) is 15.3. The van der Waals surface area contributed by atoms with E-state index in [2.05, 4.69) is 5.32 Å². The SMILES string of the molecule is CCOc1ccc(C(=O)NCCS(N)(=O)=O)cc1N. The number of hydrogen-bond acceptors (Lipinski definition) is 5. The van der Waals surface area contributed by atoms with Crippen LogP contribution in [0.4, 0.5) is 5.69 Å². The Bertz CT molecular complexity index is 557. The highest BCUT2D eigenvalue weighted by Crippen LogP contribution is 2.22. The van der Waals surface area contributed by atoms with Gasteiger partial charge in [0.05, 0.1) is 18.0 Å². The summed E-state index contributed by atoms with van der Waals surface area (Å²) in [5.41, 5.74) is 6.40. The molecule has 0 saturated carbocycles. The van der Waals surface area contributed by atoms with Crippen LogP contribution in [0, 0.1) is 0 Å². The lowest BCUT2D eigenvalue weighted by atomic mass is 10.2. The van der Waals surface area contributed by atoms with Crippen LogP contribution in [0.1, 0.15) is 17.3 Å². The van der Waals surface area contributed by atoms with Gasteiger partial charge in [-0.3, -0.25) is 4.79 Å². The molecule has 1 aromatic carbocycles. The van der Waals surface area contributed by atoms with Crippen LogP contribution in [0.25, 0.3) is 0 Å². The maximum Gasteiger partial charge on any atom is 0.251 e. The second kappa shape index (κ2) is 6.39. The summed E-state index contributed by atoms with van der Waals surface area (Å²) in [7, 11) is -3.58. The molecule has 0 bridgehead atoms. The number of hydrogen-bond donors (Lipinski definition) is 3. The number of benzene rings is 1. The van der Waals surface area contributed by atoms with Crippen molar-refractivity contribution >= 4 is 21.6 Å². The van der Waals surface area contributed by atoms with Crippen molar-refractivity contribution in [3.63, 3.8) is 0 Å². The molecule has 5 N–H and O–H groups in total. The molecule has 0 aliphatic carbocycles. The van der Waals surface area contributed by atoms with E-state index in [0.717, 1.165) is 0 Å². The van der Waals surface area contributed by atoms with Gasteiger partial charge in [-0.15, -0.1) is 0 Å². The summed E-state index contributed by atoms with van der Waals surface area (Å²) in [5.74, 6) is -0.229. The van der Waals surface area contributed by atoms with Gasteiger partial charge in [0, 0.05) is 12.1 Å². The van der Waals surface area contributed by atoms with Crippen LogP contribution in [0.5, 0.6) is 5.75 Å². The number of rotatable bonds is 6. The molecule has 1 amide bonds. The highest BCUT2D eigenvalue weighted by Gasteiger charge is 2.09. The predicted octanol–water partition coefficient (Wildman–Crippen LogP) is -0.314. The summed E-state index contributed by atoms with van der Waals surface area (Å²) in [6.07, 6.45) is 0. The summed E-state index contributed by atoms with van der Waals surface area (Å²) in [6.45, 7) is 2.25. The molecule has 8 heteroatoms. The van der Waals surface area contributed by atoms with Crippen molar-refractivity contribution < 1.29 is 17.9 Å². The quantitative estimate of drug-likeness (QED) is 0.619. The molecule has 0 fully saturated rings. The molecule has 7 nitrogen and oxygen atoms in total. The van der Waals surface area contributed by atoms with Crippen molar-refractivity contribution in [2.24, 2.45) is 5.14 Å². The van der Waals surface area contributed by atoms with Crippen molar-refractivity contribution in [3.05, 3.63) is 23.8 Å². The van der Waals surface area contributed by atoms with Crippen LogP contribution in [-0.2, 0) is 10.0 Å². The second-order valence-corrected chi connectivity index (χ2v) is 5.54. The Balaban J connectivity index is 2.65. The maximum absolute atomic E-state index is 11.7. The number of nitrogens with one attached hydrogen (secondary N) is 1. The summed E-state index contributed by atoms with van der Waals surface area (Å²) < 4.78 is 26.7. The zero-order valence-corrected chi connectivity index (χ0v) is 11.4. The predicted molar refractivity (Wildman–Crippen MR) is 72.3 cm³/mol. The number of anilines is 1. The van der Waals surface area contributed by atoms with Gasteiger partial charge in [0.25, 0.3) is 5.91 Å². The van der Waals surface area contributed by atoms with E-state index in [-0.39, 0.29) is 12.3 Å². The number of sulfonamides is 1. The molecule has 0 saturated heterocycles. The molecule has 0 radical (unpaired) electrons. The zero-order chi connectivity index (χ0) is 14.5. The van der Waals surface area contributed by atoms with Gasteiger partial charge < -0.3 is 15.8 Å². The number of carbonyl (C=O) groups is 1. The Morgan fingerprint density at radius 3 is 2.63 bits per heavy atom. The summed E-state index contributed by atoms with van der Waals surface area (Å²) in [4.78, 5) is 11.7. The average Bonchev–Trinajstić information content (AvgIpc) is 2.30. The lowest BCUT2D eigenvalue weighted by Gasteiger charge is -2.09. The van der Waals surface area contributed by atoms with Crippen molar-refractivity contribution in [3.8, 4) is 5.75 Å². The molecule has 0 spiro atoms. The fourth-order valence-electron chi connectivity index (χ4n) is 1.39. The van der Waals surface area contributed by atoms with Crippen LogP contribution in [0.15, 0.2) is 18.2 Å². The van der Waals surface area contributed by atoms with Crippen molar-refractivity contribution in [2.75, 3.05) is 24.6 Å². The van der Waals surface area contributed by atoms with E-state index in [0.29, 0.717) is 23.6 Å². The van der Waals surface area contributed by atoms with Crippen LogP contribution < -0.4 is 20.9 Å². The third kappa shape index (κ3) is 5.14. The van der Waals surface area contributed by atoms with Gasteiger partial charge in [-0.05, 0) is 25.1 Å². The molecule has 1 rings (SSSR count). The van der Waals surface area contributed by atoms with Crippen LogP contribution in [-0.4, -0.2) is 33.2 Å². The minimum absolute atomic E-state index is 0.0508. The minimum Gasteiger partial charge on any atom is -0.492 e. The van der Waals surface area contributed by atoms with Crippen LogP contribution in [0.2, 0.25) is 0 Å². The first-order valence-corrected chi connectivity index (χ1v) is 7.36. The van der Waals surface area contributed by atoms with E-state index in [1.165, 1.54) is 6.07 Å². The minimum atomic E-state index is -3.58. The van der Waals surface area contributed by atoms with Gasteiger partial charge >= 0.3 is 0 Å². The van der Waals surface area contributed by atoms with Crippen LogP contribution >= 0.6 is 0 Å². The molecule has 0 atom stereocenters. The van der Waals surface area contributed by atoms with E-state index < -0.39 is 15.9 Å². The number of amides is 1. The van der Waals surface area contributed by atoms with Gasteiger partial charge in [-0.25, -0.2) is 13.6 Å².